The molecule has 21 heavy (non-hydrogen) atoms. The van der Waals surface area contributed by atoms with E-state index in [1.807, 2.05) is 12.1 Å². The molecule has 0 unspecified atom stereocenters. The highest BCUT2D eigenvalue weighted by Crippen LogP contribution is 2.51. The summed E-state index contributed by atoms with van der Waals surface area (Å²) in [6, 6.07) is 5.33. The van der Waals surface area contributed by atoms with E-state index in [1.54, 1.807) is 26.8 Å². The van der Waals surface area contributed by atoms with E-state index >= 15 is 0 Å². The highest BCUT2D eigenvalue weighted by atomic mass is 16.6. The number of nitrogens with two attached hydrogens (primary N) is 1. The number of hydrogen-bond donors (Lipinski definition) is 3. The predicted molar refractivity (Wildman–Crippen MR) is 82.5 cm³/mol. The summed E-state index contributed by atoms with van der Waals surface area (Å²) in [5.74, 6) is 0.0353. The van der Waals surface area contributed by atoms with Gasteiger partial charge in [0.15, 0.2) is 0 Å². The molecule has 1 aromatic carbocycles. The van der Waals surface area contributed by atoms with Crippen LogP contribution >= 0.6 is 0 Å². The van der Waals surface area contributed by atoms with Gasteiger partial charge in [0.25, 0.3) is 0 Å². The fourth-order valence-electron chi connectivity index (χ4n) is 2.49. The van der Waals surface area contributed by atoms with Gasteiger partial charge in [-0.3, -0.25) is 5.32 Å². The number of carbonyl (C=O) groups excluding carboxylic acids is 1. The van der Waals surface area contributed by atoms with Crippen molar-refractivity contribution in [3.8, 4) is 5.75 Å². The summed E-state index contributed by atoms with van der Waals surface area (Å²) in [6.07, 6.45) is 2.55. The summed E-state index contributed by atoms with van der Waals surface area (Å²) in [7, 11) is 0. The van der Waals surface area contributed by atoms with Crippen molar-refractivity contribution in [3.63, 3.8) is 0 Å². The van der Waals surface area contributed by atoms with Crippen LogP contribution in [0.3, 0.4) is 0 Å². The largest absolute Gasteiger partial charge is 0.506 e. The Hall–Kier alpha value is -1.75. The van der Waals surface area contributed by atoms with Gasteiger partial charge in [-0.1, -0.05) is 6.07 Å². The second-order valence-electron chi connectivity index (χ2n) is 6.68. The molecule has 4 N–H and O–H groups in total. The highest BCUT2D eigenvalue weighted by molar-refractivity contribution is 5.87. The van der Waals surface area contributed by atoms with Crippen molar-refractivity contribution in [1.82, 2.24) is 0 Å². The number of phenolic OH excluding ortho intramolecular Hbond substituents is 1. The third kappa shape index (κ3) is 3.88. The molecule has 116 valence electrons. The quantitative estimate of drug-likeness (QED) is 0.744. The second-order valence-corrected chi connectivity index (χ2v) is 6.68. The SMILES string of the molecule is CC(C)(C)OC(=O)Nc1cc(C2(CCN)CC2)ccc1O. The summed E-state index contributed by atoms with van der Waals surface area (Å²) in [5.41, 5.74) is 6.70. The molecule has 0 radical (unpaired) electrons. The fourth-order valence-corrected chi connectivity index (χ4v) is 2.49. The number of phenols is 1. The number of amides is 1. The molecule has 0 saturated heterocycles. The second kappa shape index (κ2) is 5.56. The number of carbonyl (C=O) groups is 1. The smallest absolute Gasteiger partial charge is 0.412 e. The Morgan fingerprint density at radius 2 is 2.10 bits per heavy atom. The van der Waals surface area contributed by atoms with Crippen LogP contribution in [0.1, 0.15) is 45.6 Å². The molecule has 0 bridgehead atoms. The van der Waals surface area contributed by atoms with Crippen molar-refractivity contribution in [2.45, 2.75) is 51.0 Å². The lowest BCUT2D eigenvalue weighted by Gasteiger charge is -2.21. The number of benzene rings is 1. The molecular weight excluding hydrogens is 268 g/mol. The lowest BCUT2D eigenvalue weighted by atomic mass is 9.92. The number of hydrogen-bond acceptors (Lipinski definition) is 4. The van der Waals surface area contributed by atoms with Crippen molar-refractivity contribution >= 4 is 11.8 Å². The summed E-state index contributed by atoms with van der Waals surface area (Å²) in [6.45, 7) is 6.02. The molecule has 1 fully saturated rings. The van der Waals surface area contributed by atoms with Gasteiger partial charge in [-0.25, -0.2) is 4.79 Å². The number of nitrogens with one attached hydrogen (secondary N) is 1. The first-order valence-electron chi connectivity index (χ1n) is 7.29. The van der Waals surface area contributed by atoms with E-state index in [1.165, 1.54) is 0 Å². The minimum Gasteiger partial charge on any atom is -0.506 e. The van der Waals surface area contributed by atoms with Crippen LogP contribution in [-0.4, -0.2) is 23.3 Å². The summed E-state index contributed by atoms with van der Waals surface area (Å²) >= 11 is 0. The van der Waals surface area contributed by atoms with Crippen LogP contribution in [-0.2, 0) is 10.2 Å². The Morgan fingerprint density at radius 1 is 1.43 bits per heavy atom. The van der Waals surface area contributed by atoms with E-state index in [-0.39, 0.29) is 11.2 Å². The van der Waals surface area contributed by atoms with Crippen LogP contribution < -0.4 is 11.1 Å². The molecule has 0 atom stereocenters. The van der Waals surface area contributed by atoms with Crippen molar-refractivity contribution in [2.24, 2.45) is 5.73 Å². The molecule has 0 aliphatic heterocycles. The molecule has 1 saturated carbocycles. The van der Waals surface area contributed by atoms with E-state index in [4.69, 9.17) is 10.5 Å². The summed E-state index contributed by atoms with van der Waals surface area (Å²) in [4.78, 5) is 11.8. The van der Waals surface area contributed by atoms with Crippen molar-refractivity contribution in [2.75, 3.05) is 11.9 Å². The lowest BCUT2D eigenvalue weighted by Crippen LogP contribution is -2.27. The molecule has 0 aromatic heterocycles. The standard InChI is InChI=1S/C16H24N2O3/c1-15(2,3)21-14(20)18-12-10-11(4-5-13(12)19)16(6-7-16)8-9-17/h4-5,10,19H,6-9,17H2,1-3H3,(H,18,20). The third-order valence-corrected chi connectivity index (χ3v) is 3.72. The molecular formula is C16H24N2O3. The van der Waals surface area contributed by atoms with Crippen molar-refractivity contribution < 1.29 is 14.6 Å². The monoisotopic (exact) mass is 292 g/mol. The number of anilines is 1. The Kier molecular flexibility index (Phi) is 4.14. The van der Waals surface area contributed by atoms with E-state index in [2.05, 4.69) is 5.32 Å². The van der Waals surface area contributed by atoms with Gasteiger partial charge in [-0.15, -0.1) is 0 Å². The fraction of sp³-hybridized carbons (Fsp3) is 0.562. The number of aromatic hydroxyl groups is 1. The first-order chi connectivity index (χ1) is 9.76. The summed E-state index contributed by atoms with van der Waals surface area (Å²) < 4.78 is 5.20. The molecule has 0 heterocycles. The average molecular weight is 292 g/mol. The van der Waals surface area contributed by atoms with Gasteiger partial charge < -0.3 is 15.6 Å². The van der Waals surface area contributed by atoms with Crippen LogP contribution in [0.15, 0.2) is 18.2 Å². The zero-order valence-electron chi connectivity index (χ0n) is 12.9. The minimum atomic E-state index is -0.575. The minimum absolute atomic E-state index is 0.0353. The number of ether oxygens (including phenoxy) is 1. The molecule has 1 aliphatic rings. The van der Waals surface area contributed by atoms with Gasteiger partial charge in [0.2, 0.25) is 0 Å². The highest BCUT2D eigenvalue weighted by Gasteiger charge is 2.43. The van der Waals surface area contributed by atoms with E-state index in [9.17, 15) is 9.90 Å². The van der Waals surface area contributed by atoms with Crippen LogP contribution in [0.2, 0.25) is 0 Å². The Labute approximate surface area is 125 Å². The Morgan fingerprint density at radius 3 is 2.62 bits per heavy atom. The Bertz CT molecular complexity index is 531. The maximum absolute atomic E-state index is 11.8. The first kappa shape index (κ1) is 15.6. The van der Waals surface area contributed by atoms with Crippen molar-refractivity contribution in [3.05, 3.63) is 23.8 Å². The van der Waals surface area contributed by atoms with Crippen molar-refractivity contribution in [1.29, 1.82) is 0 Å². The third-order valence-electron chi connectivity index (χ3n) is 3.72. The molecule has 1 aromatic rings. The molecule has 1 amide bonds. The maximum Gasteiger partial charge on any atom is 0.412 e. The molecule has 1 aliphatic carbocycles. The molecule has 0 spiro atoms. The van der Waals surface area contributed by atoms with E-state index in [0.717, 1.165) is 24.8 Å². The maximum atomic E-state index is 11.8. The van der Waals surface area contributed by atoms with E-state index < -0.39 is 11.7 Å². The van der Waals surface area contributed by atoms with Gasteiger partial charge in [-0.2, -0.15) is 0 Å². The zero-order valence-corrected chi connectivity index (χ0v) is 12.9. The number of rotatable bonds is 4. The molecule has 5 nitrogen and oxygen atoms in total. The first-order valence-corrected chi connectivity index (χ1v) is 7.29. The van der Waals surface area contributed by atoms with Crippen LogP contribution in [0.25, 0.3) is 0 Å². The van der Waals surface area contributed by atoms with Crippen LogP contribution in [0.5, 0.6) is 5.75 Å². The molecule has 2 rings (SSSR count). The van der Waals surface area contributed by atoms with Gasteiger partial charge in [0.05, 0.1) is 5.69 Å². The topological polar surface area (TPSA) is 84.6 Å². The van der Waals surface area contributed by atoms with E-state index in [0.29, 0.717) is 12.2 Å². The Balaban J connectivity index is 2.15. The van der Waals surface area contributed by atoms with Gasteiger partial charge in [0.1, 0.15) is 11.4 Å². The normalized spacial score (nSPS) is 16.4. The zero-order chi connectivity index (χ0) is 15.7. The lowest BCUT2D eigenvalue weighted by molar-refractivity contribution is 0.0635. The van der Waals surface area contributed by atoms with Gasteiger partial charge >= 0.3 is 6.09 Å². The summed E-state index contributed by atoms with van der Waals surface area (Å²) in [5, 5.41) is 12.5. The predicted octanol–water partition coefficient (Wildman–Crippen LogP) is 3.12. The van der Waals surface area contributed by atoms with Crippen LogP contribution in [0.4, 0.5) is 10.5 Å². The molecule has 5 heteroatoms. The van der Waals surface area contributed by atoms with Gasteiger partial charge in [0, 0.05) is 0 Å². The van der Waals surface area contributed by atoms with Gasteiger partial charge in [-0.05, 0) is 69.7 Å². The van der Waals surface area contributed by atoms with Crippen LogP contribution in [0, 0.1) is 0 Å². The average Bonchev–Trinajstić information content (AvgIpc) is 3.11.